The van der Waals surface area contributed by atoms with Crippen LogP contribution in [0.5, 0.6) is 11.5 Å². The number of carbonyl (C=O) groups excluding carboxylic acids is 3. The van der Waals surface area contributed by atoms with E-state index in [4.69, 9.17) is 4.74 Å². The number of rotatable bonds is 12. The standard InChI is InChI=1S/C20H24O3.C9H16O2/c1-4-14(3)19(22)18-15(5-2)11-12-16(13-21)20(18)23-17-9-7-6-8-10-17;1-4-9(11)6-5-7(2)8(3)10/h6-12,14,21H,4-5,13H2,1-3H3;7H,4-6H2,1-3H3. The highest BCUT2D eigenvalue weighted by Crippen LogP contribution is 2.34. The van der Waals surface area contributed by atoms with E-state index in [1.165, 1.54) is 0 Å². The summed E-state index contributed by atoms with van der Waals surface area (Å²) in [6.07, 6.45) is 3.37. The number of hydrogen-bond donors (Lipinski definition) is 1. The van der Waals surface area contributed by atoms with Crippen molar-refractivity contribution in [1.29, 1.82) is 0 Å². The summed E-state index contributed by atoms with van der Waals surface area (Å²) in [4.78, 5) is 34.4. The maximum absolute atomic E-state index is 12.9. The molecule has 0 bridgehead atoms. The number of hydrogen-bond acceptors (Lipinski definition) is 5. The molecule has 0 aromatic heterocycles. The maximum Gasteiger partial charge on any atom is 0.169 e. The zero-order valence-electron chi connectivity index (χ0n) is 21.5. The van der Waals surface area contributed by atoms with Crippen LogP contribution in [-0.2, 0) is 22.6 Å². The molecule has 2 aromatic carbocycles. The van der Waals surface area contributed by atoms with Gasteiger partial charge in [-0.15, -0.1) is 0 Å². The van der Waals surface area contributed by atoms with E-state index in [-0.39, 0.29) is 35.8 Å². The fourth-order valence-corrected chi connectivity index (χ4v) is 3.27. The first-order chi connectivity index (χ1) is 16.2. The monoisotopic (exact) mass is 468 g/mol. The van der Waals surface area contributed by atoms with Gasteiger partial charge in [0.2, 0.25) is 0 Å². The number of para-hydroxylation sites is 1. The van der Waals surface area contributed by atoms with E-state index in [0.717, 1.165) is 18.4 Å². The molecule has 0 spiro atoms. The SMILES string of the molecule is CCC(=O)CCC(C)C(C)=O.CCc1ccc(CO)c(Oc2ccccc2)c1C(=O)C(C)CC. The van der Waals surface area contributed by atoms with Gasteiger partial charge < -0.3 is 9.84 Å². The predicted molar refractivity (Wildman–Crippen MR) is 136 cm³/mol. The Hall–Kier alpha value is -2.79. The minimum Gasteiger partial charge on any atom is -0.456 e. The van der Waals surface area contributed by atoms with Gasteiger partial charge in [0.1, 0.15) is 23.1 Å². The van der Waals surface area contributed by atoms with Gasteiger partial charge in [-0.05, 0) is 43.9 Å². The zero-order chi connectivity index (χ0) is 25.7. The van der Waals surface area contributed by atoms with E-state index >= 15 is 0 Å². The number of Topliss-reactive ketones (excluding diaryl/α,β-unsaturated/α-hetero) is 3. The van der Waals surface area contributed by atoms with Crippen molar-refractivity contribution in [2.75, 3.05) is 0 Å². The van der Waals surface area contributed by atoms with Crippen LogP contribution in [0, 0.1) is 11.8 Å². The molecule has 0 aliphatic heterocycles. The topological polar surface area (TPSA) is 80.7 Å². The lowest BCUT2D eigenvalue weighted by atomic mass is 9.90. The lowest BCUT2D eigenvalue weighted by Gasteiger charge is -2.19. The van der Waals surface area contributed by atoms with E-state index in [1.54, 1.807) is 6.92 Å². The van der Waals surface area contributed by atoms with Gasteiger partial charge in [0.25, 0.3) is 0 Å². The summed E-state index contributed by atoms with van der Waals surface area (Å²) in [7, 11) is 0. The van der Waals surface area contributed by atoms with Crippen molar-refractivity contribution in [2.45, 2.75) is 80.3 Å². The summed E-state index contributed by atoms with van der Waals surface area (Å²) < 4.78 is 6.01. The Morgan fingerprint density at radius 3 is 2.03 bits per heavy atom. The molecule has 0 radical (unpaired) electrons. The summed E-state index contributed by atoms with van der Waals surface area (Å²) in [6, 6.07) is 13.1. The third-order valence-electron chi connectivity index (χ3n) is 6.09. The fraction of sp³-hybridized carbons (Fsp3) is 0.483. The Morgan fingerprint density at radius 1 is 0.912 bits per heavy atom. The van der Waals surface area contributed by atoms with Crippen LogP contribution < -0.4 is 4.74 Å². The number of aliphatic hydroxyl groups is 1. The molecule has 34 heavy (non-hydrogen) atoms. The Kier molecular flexibility index (Phi) is 13.1. The summed E-state index contributed by atoms with van der Waals surface area (Å²) in [5, 5.41) is 9.67. The number of ketones is 3. The minimum atomic E-state index is -0.160. The third kappa shape index (κ3) is 8.86. The van der Waals surface area contributed by atoms with Gasteiger partial charge in [-0.3, -0.25) is 14.4 Å². The van der Waals surface area contributed by atoms with Gasteiger partial charge in [-0.2, -0.15) is 0 Å². The average molecular weight is 469 g/mol. The Balaban J connectivity index is 0.000000445. The van der Waals surface area contributed by atoms with Gasteiger partial charge in [-0.1, -0.05) is 65.0 Å². The van der Waals surface area contributed by atoms with E-state index in [0.29, 0.717) is 41.9 Å². The first-order valence-corrected chi connectivity index (χ1v) is 12.2. The van der Waals surface area contributed by atoms with Crippen molar-refractivity contribution >= 4 is 17.3 Å². The van der Waals surface area contributed by atoms with Crippen molar-refractivity contribution in [3.63, 3.8) is 0 Å². The highest BCUT2D eigenvalue weighted by Gasteiger charge is 2.24. The molecule has 0 heterocycles. The molecule has 5 nitrogen and oxygen atoms in total. The molecule has 1 N–H and O–H groups in total. The molecule has 0 fully saturated rings. The third-order valence-corrected chi connectivity index (χ3v) is 6.09. The van der Waals surface area contributed by atoms with E-state index < -0.39 is 0 Å². The second kappa shape index (κ2) is 15.2. The second-order valence-corrected chi connectivity index (χ2v) is 8.63. The highest BCUT2D eigenvalue weighted by atomic mass is 16.5. The molecule has 2 aromatic rings. The lowest BCUT2D eigenvalue weighted by Crippen LogP contribution is -2.15. The number of carbonyl (C=O) groups is 3. The molecule has 2 rings (SSSR count). The molecule has 186 valence electrons. The Morgan fingerprint density at radius 2 is 1.53 bits per heavy atom. The van der Waals surface area contributed by atoms with Crippen molar-refractivity contribution in [2.24, 2.45) is 11.8 Å². The number of aliphatic hydroxyl groups excluding tert-OH is 1. The molecule has 2 atom stereocenters. The summed E-state index contributed by atoms with van der Waals surface area (Å²) >= 11 is 0. The predicted octanol–water partition coefficient (Wildman–Crippen LogP) is 6.73. The molecular formula is C29H40O5. The van der Waals surface area contributed by atoms with Gasteiger partial charge in [0.05, 0.1) is 12.2 Å². The zero-order valence-corrected chi connectivity index (χ0v) is 21.5. The van der Waals surface area contributed by atoms with E-state index in [1.807, 2.05) is 77.1 Å². The van der Waals surface area contributed by atoms with E-state index in [9.17, 15) is 19.5 Å². The lowest BCUT2D eigenvalue weighted by molar-refractivity contribution is -0.121. The Bertz CT molecular complexity index is 933. The van der Waals surface area contributed by atoms with Crippen molar-refractivity contribution in [3.05, 3.63) is 59.2 Å². The van der Waals surface area contributed by atoms with Crippen LogP contribution in [-0.4, -0.2) is 22.5 Å². The quantitative estimate of drug-likeness (QED) is 0.349. The van der Waals surface area contributed by atoms with Crippen LogP contribution in [0.1, 0.15) is 88.7 Å². The maximum atomic E-state index is 12.9. The minimum absolute atomic E-state index is 0.0468. The van der Waals surface area contributed by atoms with Crippen molar-refractivity contribution in [1.82, 2.24) is 0 Å². The van der Waals surface area contributed by atoms with Crippen LogP contribution in [0.25, 0.3) is 0 Å². The number of aryl methyl sites for hydroxylation is 1. The average Bonchev–Trinajstić information content (AvgIpc) is 2.86. The number of ether oxygens (including phenoxy) is 1. The van der Waals surface area contributed by atoms with Crippen molar-refractivity contribution in [3.8, 4) is 11.5 Å². The van der Waals surface area contributed by atoms with Crippen LogP contribution in [0.4, 0.5) is 0 Å². The summed E-state index contributed by atoms with van der Waals surface area (Å²) in [5.41, 5.74) is 2.20. The molecule has 2 unspecified atom stereocenters. The highest BCUT2D eigenvalue weighted by molar-refractivity contribution is 6.02. The van der Waals surface area contributed by atoms with Crippen LogP contribution in [0.2, 0.25) is 0 Å². The first kappa shape index (κ1) is 29.2. The molecule has 5 heteroatoms. The molecule has 0 aliphatic carbocycles. The largest absolute Gasteiger partial charge is 0.456 e. The van der Waals surface area contributed by atoms with Crippen molar-refractivity contribution < 1.29 is 24.2 Å². The Labute approximate surface area is 204 Å². The molecule has 0 aliphatic rings. The van der Waals surface area contributed by atoms with Crippen LogP contribution in [0.3, 0.4) is 0 Å². The molecular weight excluding hydrogens is 428 g/mol. The second-order valence-electron chi connectivity index (χ2n) is 8.63. The van der Waals surface area contributed by atoms with Gasteiger partial charge in [0.15, 0.2) is 5.78 Å². The van der Waals surface area contributed by atoms with Gasteiger partial charge in [-0.25, -0.2) is 0 Å². The normalized spacial score (nSPS) is 12.2. The molecule has 0 saturated carbocycles. The smallest absolute Gasteiger partial charge is 0.169 e. The number of benzene rings is 2. The van der Waals surface area contributed by atoms with Gasteiger partial charge in [0, 0.05) is 30.2 Å². The fourth-order valence-electron chi connectivity index (χ4n) is 3.27. The van der Waals surface area contributed by atoms with Crippen LogP contribution in [0.15, 0.2) is 42.5 Å². The first-order valence-electron chi connectivity index (χ1n) is 12.2. The van der Waals surface area contributed by atoms with Gasteiger partial charge >= 0.3 is 0 Å². The summed E-state index contributed by atoms with van der Waals surface area (Å²) in [5.74, 6) is 1.62. The summed E-state index contributed by atoms with van der Waals surface area (Å²) in [6.45, 7) is 11.1. The van der Waals surface area contributed by atoms with E-state index in [2.05, 4.69) is 0 Å². The van der Waals surface area contributed by atoms with Crippen LogP contribution >= 0.6 is 0 Å². The molecule has 0 amide bonds. The molecule has 0 saturated heterocycles.